The number of halogens is 1. The van der Waals surface area contributed by atoms with Crippen LogP contribution in [0.4, 0.5) is 0 Å². The Morgan fingerprint density at radius 2 is 2.13 bits per heavy atom. The summed E-state index contributed by atoms with van der Waals surface area (Å²) in [5.41, 5.74) is 2.40. The van der Waals surface area contributed by atoms with Crippen LogP contribution in [-0.4, -0.2) is 18.7 Å². The lowest BCUT2D eigenvalue weighted by molar-refractivity contribution is -0.123. The number of carbonyl (C=O) groups is 1. The minimum absolute atomic E-state index is 0.123. The highest BCUT2D eigenvalue weighted by Gasteiger charge is 2.36. The van der Waals surface area contributed by atoms with Gasteiger partial charge in [0, 0.05) is 10.9 Å². The summed E-state index contributed by atoms with van der Waals surface area (Å²) in [5, 5.41) is 4.48. The molecule has 0 unspecified atom stereocenters. The van der Waals surface area contributed by atoms with Gasteiger partial charge in [0.05, 0.1) is 6.21 Å². The van der Waals surface area contributed by atoms with Gasteiger partial charge in [-0.3, -0.25) is 4.79 Å². The van der Waals surface area contributed by atoms with E-state index in [0.29, 0.717) is 28.4 Å². The Hall–Kier alpha value is -2.27. The number of nitrogens with one attached hydrogen (secondary N) is 1. The summed E-state index contributed by atoms with van der Waals surface area (Å²) in [4.78, 5) is 11.6. The molecule has 0 radical (unpaired) electrons. The van der Waals surface area contributed by atoms with E-state index in [1.165, 1.54) is 12.6 Å². The van der Waals surface area contributed by atoms with Crippen LogP contribution in [0.25, 0.3) is 0 Å². The molecule has 0 spiro atoms. The number of ether oxygens (including phenoxy) is 1. The van der Waals surface area contributed by atoms with Gasteiger partial charge in [0.1, 0.15) is 17.3 Å². The minimum atomic E-state index is -0.348. The van der Waals surface area contributed by atoms with Crippen molar-refractivity contribution >= 4 is 23.7 Å². The van der Waals surface area contributed by atoms with Crippen LogP contribution < -0.4 is 10.2 Å². The van der Waals surface area contributed by atoms with Crippen molar-refractivity contribution in [1.82, 2.24) is 5.43 Å². The molecule has 0 bridgehead atoms. The van der Waals surface area contributed by atoms with Crippen molar-refractivity contribution in [2.75, 3.05) is 6.61 Å². The van der Waals surface area contributed by atoms with Crippen LogP contribution in [0.15, 0.2) is 45.9 Å². The first-order chi connectivity index (χ1) is 11.1. The largest absolute Gasteiger partial charge is 0.484 e. The predicted octanol–water partition coefficient (Wildman–Crippen LogP) is 3.59. The van der Waals surface area contributed by atoms with Crippen molar-refractivity contribution in [2.45, 2.75) is 19.3 Å². The lowest BCUT2D eigenvalue weighted by Crippen LogP contribution is -2.24. The average molecular weight is 333 g/mol. The third-order valence-electron chi connectivity index (χ3n) is 3.69. The van der Waals surface area contributed by atoms with E-state index in [1.54, 1.807) is 24.3 Å². The number of hydrogen-bond acceptors (Lipinski definition) is 4. The third kappa shape index (κ3) is 4.36. The van der Waals surface area contributed by atoms with Crippen molar-refractivity contribution < 1.29 is 13.9 Å². The molecule has 1 fully saturated rings. The lowest BCUT2D eigenvalue weighted by atomic mass is 10.3. The number of nitrogens with zero attached hydrogens (tertiary/aromatic N) is 1. The van der Waals surface area contributed by atoms with Crippen LogP contribution >= 0.6 is 11.6 Å². The Balaban J connectivity index is 1.43. The highest BCUT2D eigenvalue weighted by atomic mass is 35.5. The van der Waals surface area contributed by atoms with Gasteiger partial charge in [-0.05, 0) is 48.7 Å². The highest BCUT2D eigenvalue weighted by Crippen LogP contribution is 2.47. The minimum Gasteiger partial charge on any atom is -0.484 e. The van der Waals surface area contributed by atoms with Crippen molar-refractivity contribution in [3.8, 4) is 5.75 Å². The molecule has 2 atom stereocenters. The number of hydrogen-bond donors (Lipinski definition) is 1. The zero-order valence-corrected chi connectivity index (χ0v) is 13.4. The molecule has 1 saturated carbocycles. The molecule has 23 heavy (non-hydrogen) atoms. The van der Waals surface area contributed by atoms with Crippen molar-refractivity contribution in [1.29, 1.82) is 0 Å². The maximum Gasteiger partial charge on any atom is 0.277 e. The monoisotopic (exact) mass is 332 g/mol. The number of hydrazone groups is 1. The molecule has 1 N–H and O–H groups in total. The Kier molecular flexibility index (Phi) is 4.67. The molecule has 5 nitrogen and oxygen atoms in total. The SMILES string of the molecule is C[C@@H]1C[C@H]1c1ccc(/C=N\NC(=O)COc2ccc(Cl)cc2)o1. The van der Waals surface area contributed by atoms with Gasteiger partial charge < -0.3 is 9.15 Å². The maximum atomic E-state index is 11.6. The summed E-state index contributed by atoms with van der Waals surface area (Å²) in [6.07, 6.45) is 2.65. The van der Waals surface area contributed by atoms with Crippen LogP contribution in [0.2, 0.25) is 5.02 Å². The van der Waals surface area contributed by atoms with Crippen molar-refractivity contribution in [2.24, 2.45) is 11.0 Å². The lowest BCUT2D eigenvalue weighted by Gasteiger charge is -2.04. The number of furan rings is 1. The Morgan fingerprint density at radius 1 is 1.39 bits per heavy atom. The second-order valence-electron chi connectivity index (χ2n) is 5.60. The molecule has 120 valence electrons. The molecule has 0 saturated heterocycles. The standard InChI is InChI=1S/C17H17ClN2O3/c1-11-8-15(11)16-7-6-14(23-16)9-19-20-17(21)10-22-13-4-2-12(18)3-5-13/h2-7,9,11,15H,8,10H2,1H3,(H,20,21)/b19-9-/t11-,15-/m1/s1. The Bertz CT molecular complexity index is 709. The van der Waals surface area contributed by atoms with Gasteiger partial charge in [-0.25, -0.2) is 5.43 Å². The molecule has 1 aromatic carbocycles. The zero-order chi connectivity index (χ0) is 16.2. The average Bonchev–Trinajstić information content (AvgIpc) is 3.08. The van der Waals surface area contributed by atoms with E-state index in [2.05, 4.69) is 17.5 Å². The summed E-state index contributed by atoms with van der Waals surface area (Å²) in [6, 6.07) is 10.6. The smallest absolute Gasteiger partial charge is 0.277 e. The van der Waals surface area contributed by atoms with Gasteiger partial charge in [0.25, 0.3) is 5.91 Å². The summed E-state index contributed by atoms with van der Waals surface area (Å²) in [6.45, 7) is 2.07. The van der Waals surface area contributed by atoms with Crippen LogP contribution in [0, 0.1) is 5.92 Å². The first-order valence-electron chi connectivity index (χ1n) is 7.42. The number of amides is 1. The maximum absolute atomic E-state index is 11.6. The van der Waals surface area contributed by atoms with Crippen LogP contribution in [-0.2, 0) is 4.79 Å². The predicted molar refractivity (Wildman–Crippen MR) is 87.9 cm³/mol. The molecule has 1 aliphatic rings. The Labute approximate surface area is 139 Å². The van der Waals surface area contributed by atoms with Gasteiger partial charge in [-0.1, -0.05) is 18.5 Å². The fourth-order valence-electron chi connectivity index (χ4n) is 2.24. The molecule has 1 aliphatic carbocycles. The highest BCUT2D eigenvalue weighted by molar-refractivity contribution is 6.30. The Morgan fingerprint density at radius 3 is 2.83 bits per heavy atom. The summed E-state index contributed by atoms with van der Waals surface area (Å²) >= 11 is 5.77. The van der Waals surface area contributed by atoms with E-state index < -0.39 is 0 Å². The molecule has 3 rings (SSSR count). The van der Waals surface area contributed by atoms with Gasteiger partial charge in [-0.15, -0.1) is 0 Å². The molecular formula is C17H17ClN2O3. The second-order valence-corrected chi connectivity index (χ2v) is 6.03. The van der Waals surface area contributed by atoms with E-state index in [0.717, 1.165) is 5.76 Å². The fourth-order valence-corrected chi connectivity index (χ4v) is 2.36. The second kappa shape index (κ2) is 6.87. The van der Waals surface area contributed by atoms with E-state index in [-0.39, 0.29) is 12.5 Å². The van der Waals surface area contributed by atoms with Gasteiger partial charge >= 0.3 is 0 Å². The molecule has 0 aliphatic heterocycles. The molecule has 2 aromatic rings. The normalized spacial score (nSPS) is 19.7. The summed E-state index contributed by atoms with van der Waals surface area (Å²) in [5.74, 6) is 3.05. The van der Waals surface area contributed by atoms with E-state index in [9.17, 15) is 4.79 Å². The van der Waals surface area contributed by atoms with Gasteiger partial charge in [-0.2, -0.15) is 5.10 Å². The van der Waals surface area contributed by atoms with Crippen molar-refractivity contribution in [3.05, 3.63) is 52.9 Å². The van der Waals surface area contributed by atoms with Crippen molar-refractivity contribution in [3.63, 3.8) is 0 Å². The quantitative estimate of drug-likeness (QED) is 0.649. The van der Waals surface area contributed by atoms with E-state index in [1.807, 2.05) is 12.1 Å². The molecule has 6 heteroatoms. The molecule has 1 heterocycles. The van der Waals surface area contributed by atoms with Crippen LogP contribution in [0.5, 0.6) is 5.75 Å². The zero-order valence-electron chi connectivity index (χ0n) is 12.7. The first kappa shape index (κ1) is 15.6. The van der Waals surface area contributed by atoms with Gasteiger partial charge in [0.2, 0.25) is 0 Å². The molecule has 1 aromatic heterocycles. The third-order valence-corrected chi connectivity index (χ3v) is 3.94. The van der Waals surface area contributed by atoms with E-state index in [4.69, 9.17) is 20.8 Å². The first-order valence-corrected chi connectivity index (χ1v) is 7.79. The molecular weight excluding hydrogens is 316 g/mol. The summed E-state index contributed by atoms with van der Waals surface area (Å²) < 4.78 is 11.0. The topological polar surface area (TPSA) is 63.8 Å². The summed E-state index contributed by atoms with van der Waals surface area (Å²) in [7, 11) is 0. The number of benzene rings is 1. The van der Waals surface area contributed by atoms with Crippen LogP contribution in [0.3, 0.4) is 0 Å². The van der Waals surface area contributed by atoms with Gasteiger partial charge in [0.15, 0.2) is 6.61 Å². The molecule has 1 amide bonds. The number of rotatable bonds is 6. The number of carbonyl (C=O) groups excluding carboxylic acids is 1. The fraction of sp³-hybridized carbons (Fsp3) is 0.294. The van der Waals surface area contributed by atoms with Crippen LogP contribution in [0.1, 0.15) is 30.8 Å². The van der Waals surface area contributed by atoms with E-state index >= 15 is 0 Å².